The van der Waals surface area contributed by atoms with E-state index < -0.39 is 5.97 Å². The predicted octanol–water partition coefficient (Wildman–Crippen LogP) is 2.67. The molecule has 0 heterocycles. The fraction of sp³-hybridized carbons (Fsp3) is 0.417. The van der Waals surface area contributed by atoms with Gasteiger partial charge in [-0.1, -0.05) is 15.9 Å². The number of aliphatic hydroxyl groups is 1. The van der Waals surface area contributed by atoms with Crippen molar-refractivity contribution in [2.45, 2.75) is 18.2 Å². The van der Waals surface area contributed by atoms with Crippen LogP contribution in [0.4, 0.5) is 5.69 Å². The summed E-state index contributed by atoms with van der Waals surface area (Å²) in [7, 11) is 0. The van der Waals surface area contributed by atoms with Gasteiger partial charge in [0.1, 0.15) is 0 Å². The summed E-state index contributed by atoms with van der Waals surface area (Å²) in [6.07, 6.45) is 1.93. The van der Waals surface area contributed by atoms with Crippen molar-refractivity contribution < 1.29 is 15.0 Å². The molecule has 1 aromatic rings. The minimum absolute atomic E-state index is 0.0425. The molecule has 1 rings (SSSR count). The number of rotatable bonds is 6. The van der Waals surface area contributed by atoms with Gasteiger partial charge in [-0.3, -0.25) is 0 Å². The number of carbonyl (C=O) groups is 1. The number of carboxylic acid groups (broad SMARTS) is 1. The summed E-state index contributed by atoms with van der Waals surface area (Å²) in [4.78, 5) is 10.9. The van der Waals surface area contributed by atoms with Crippen LogP contribution in [0.5, 0.6) is 0 Å². The van der Waals surface area contributed by atoms with Gasteiger partial charge in [0.05, 0.1) is 12.2 Å². The molecule has 0 fully saturated rings. The molecule has 0 aliphatic heterocycles. The third-order valence-corrected chi connectivity index (χ3v) is 4.20. The normalized spacial score (nSPS) is 14.0. The van der Waals surface area contributed by atoms with Crippen molar-refractivity contribution in [3.8, 4) is 0 Å². The molecular weight excluding hydrogens is 318 g/mol. The average Bonchev–Trinajstić information content (AvgIpc) is 2.29. The van der Waals surface area contributed by atoms with Gasteiger partial charge in [0.25, 0.3) is 0 Å². The molecule has 0 saturated carbocycles. The molecule has 0 saturated heterocycles. The van der Waals surface area contributed by atoms with Crippen molar-refractivity contribution in [2.24, 2.45) is 0 Å². The highest BCUT2D eigenvalue weighted by molar-refractivity contribution is 9.10. The smallest absolute Gasteiger partial charge is 0.335 e. The maximum atomic E-state index is 10.9. The lowest BCUT2D eigenvalue weighted by Crippen LogP contribution is -2.31. The number of thioether (sulfide) groups is 1. The number of hydrogen-bond donors (Lipinski definition) is 3. The maximum Gasteiger partial charge on any atom is 0.335 e. The van der Waals surface area contributed by atoms with Gasteiger partial charge in [0, 0.05) is 21.5 Å². The molecule has 0 aliphatic carbocycles. The molecule has 6 heteroatoms. The van der Waals surface area contributed by atoms with Gasteiger partial charge in [0.15, 0.2) is 0 Å². The number of aliphatic hydroxyl groups excluding tert-OH is 1. The molecule has 0 aromatic heterocycles. The second-order valence-corrected chi connectivity index (χ2v) is 5.92. The van der Waals surface area contributed by atoms with Gasteiger partial charge < -0.3 is 15.5 Å². The van der Waals surface area contributed by atoms with Crippen molar-refractivity contribution in [3.63, 3.8) is 0 Å². The first kappa shape index (κ1) is 15.3. The molecular formula is C12H16BrNO3S. The minimum Gasteiger partial charge on any atom is -0.478 e. The van der Waals surface area contributed by atoms with Crippen LogP contribution in [-0.2, 0) is 0 Å². The Morgan fingerprint density at radius 2 is 2.17 bits per heavy atom. The van der Waals surface area contributed by atoms with Crippen LogP contribution in [0.3, 0.4) is 0 Å². The van der Waals surface area contributed by atoms with Gasteiger partial charge in [0.2, 0.25) is 0 Å². The molecule has 0 amide bonds. The van der Waals surface area contributed by atoms with Gasteiger partial charge in [-0.2, -0.15) is 11.8 Å². The molecule has 18 heavy (non-hydrogen) atoms. The van der Waals surface area contributed by atoms with E-state index in [0.717, 1.165) is 5.69 Å². The first-order chi connectivity index (χ1) is 8.47. The summed E-state index contributed by atoms with van der Waals surface area (Å²) >= 11 is 4.86. The van der Waals surface area contributed by atoms with Crippen LogP contribution in [0.1, 0.15) is 17.3 Å². The highest BCUT2D eigenvalue weighted by atomic mass is 79.9. The Hall–Kier alpha value is -0.720. The zero-order chi connectivity index (χ0) is 13.7. The first-order valence-corrected chi connectivity index (χ1v) is 7.50. The van der Waals surface area contributed by atoms with Crippen LogP contribution >= 0.6 is 27.7 Å². The van der Waals surface area contributed by atoms with Crippen molar-refractivity contribution in [1.29, 1.82) is 0 Å². The number of halogens is 1. The molecule has 0 aliphatic rings. The van der Waals surface area contributed by atoms with Gasteiger partial charge in [-0.25, -0.2) is 4.79 Å². The van der Waals surface area contributed by atoms with E-state index in [-0.39, 0.29) is 23.5 Å². The van der Waals surface area contributed by atoms with Crippen LogP contribution in [0.2, 0.25) is 0 Å². The summed E-state index contributed by atoms with van der Waals surface area (Å²) in [5, 5.41) is 21.5. The Morgan fingerprint density at radius 3 is 2.67 bits per heavy atom. The zero-order valence-electron chi connectivity index (χ0n) is 10.2. The Bertz CT molecular complexity index is 424. The van der Waals surface area contributed by atoms with Gasteiger partial charge in [-0.05, 0) is 31.4 Å². The highest BCUT2D eigenvalue weighted by Gasteiger charge is 2.15. The lowest BCUT2D eigenvalue weighted by molar-refractivity contribution is 0.0697. The number of anilines is 1. The molecule has 2 atom stereocenters. The van der Waals surface area contributed by atoms with Crippen LogP contribution in [0.15, 0.2) is 22.7 Å². The Labute approximate surface area is 119 Å². The zero-order valence-corrected chi connectivity index (χ0v) is 12.6. The van der Waals surface area contributed by atoms with E-state index in [1.165, 1.54) is 0 Å². The van der Waals surface area contributed by atoms with E-state index in [1.54, 1.807) is 23.9 Å². The number of nitrogens with one attached hydrogen (secondary N) is 1. The van der Waals surface area contributed by atoms with E-state index in [0.29, 0.717) is 4.47 Å². The molecule has 0 bridgehead atoms. The van der Waals surface area contributed by atoms with Gasteiger partial charge in [-0.15, -0.1) is 0 Å². The van der Waals surface area contributed by atoms with Crippen molar-refractivity contribution in [3.05, 3.63) is 28.2 Å². The Kier molecular flexibility index (Phi) is 5.98. The summed E-state index contributed by atoms with van der Waals surface area (Å²) in [6.45, 7) is 2.04. The van der Waals surface area contributed by atoms with Crippen molar-refractivity contribution in [2.75, 3.05) is 18.2 Å². The minimum atomic E-state index is -0.962. The molecule has 3 N–H and O–H groups in total. The summed E-state index contributed by atoms with van der Waals surface area (Å²) < 4.78 is 0.710. The van der Waals surface area contributed by atoms with E-state index >= 15 is 0 Å². The topological polar surface area (TPSA) is 69.6 Å². The molecule has 2 unspecified atom stereocenters. The number of aromatic carboxylic acids is 1. The molecule has 0 radical (unpaired) electrons. The fourth-order valence-electron chi connectivity index (χ4n) is 1.59. The largest absolute Gasteiger partial charge is 0.478 e. The summed E-state index contributed by atoms with van der Waals surface area (Å²) in [5.74, 6) is -0.962. The third-order valence-electron chi connectivity index (χ3n) is 2.58. The third kappa shape index (κ3) is 4.19. The van der Waals surface area contributed by atoms with E-state index in [1.807, 2.05) is 19.2 Å². The van der Waals surface area contributed by atoms with Crippen LogP contribution in [-0.4, -0.2) is 40.3 Å². The highest BCUT2D eigenvalue weighted by Crippen LogP contribution is 2.22. The standard InChI is InChI=1S/C12H16BrNO3S/c1-7(11(6-15)18-2)14-10-4-8(12(16)17)3-9(13)5-10/h3-5,7,11,14-15H,6H2,1-2H3,(H,16,17). The quantitative estimate of drug-likeness (QED) is 0.746. The maximum absolute atomic E-state index is 10.9. The number of hydrogen-bond acceptors (Lipinski definition) is 4. The summed E-state index contributed by atoms with van der Waals surface area (Å²) in [6, 6.07) is 4.99. The average molecular weight is 334 g/mol. The van der Waals surface area contributed by atoms with E-state index in [9.17, 15) is 9.90 Å². The first-order valence-electron chi connectivity index (χ1n) is 5.42. The van der Waals surface area contributed by atoms with Crippen LogP contribution in [0.25, 0.3) is 0 Å². The second-order valence-electron chi connectivity index (χ2n) is 3.92. The molecule has 1 aromatic carbocycles. The predicted molar refractivity (Wildman–Crippen MR) is 78.6 cm³/mol. The molecule has 0 spiro atoms. The molecule has 4 nitrogen and oxygen atoms in total. The second kappa shape index (κ2) is 7.01. The number of carboxylic acids is 1. The lowest BCUT2D eigenvalue weighted by atomic mass is 10.1. The van der Waals surface area contributed by atoms with Crippen LogP contribution < -0.4 is 5.32 Å². The molecule has 100 valence electrons. The monoisotopic (exact) mass is 333 g/mol. The van der Waals surface area contributed by atoms with Crippen molar-refractivity contribution >= 4 is 39.3 Å². The summed E-state index contributed by atoms with van der Waals surface area (Å²) in [5.41, 5.74) is 0.950. The van der Waals surface area contributed by atoms with E-state index in [2.05, 4.69) is 21.2 Å². The lowest BCUT2D eigenvalue weighted by Gasteiger charge is -2.22. The Morgan fingerprint density at radius 1 is 1.50 bits per heavy atom. The van der Waals surface area contributed by atoms with Crippen molar-refractivity contribution in [1.82, 2.24) is 0 Å². The number of benzene rings is 1. The van der Waals surface area contributed by atoms with Gasteiger partial charge >= 0.3 is 5.97 Å². The van der Waals surface area contributed by atoms with E-state index in [4.69, 9.17) is 5.11 Å². The SMILES string of the molecule is CSC(CO)C(C)Nc1cc(Br)cc(C(=O)O)c1. The van der Waals surface area contributed by atoms with Crippen LogP contribution in [0, 0.1) is 0 Å². The fourth-order valence-corrected chi connectivity index (χ4v) is 2.71. The Balaban J connectivity index is 2.87.